The monoisotopic (exact) mass is 425 g/mol. The van der Waals surface area contributed by atoms with Crippen molar-refractivity contribution in [1.29, 1.82) is 0 Å². The molecule has 160 valence electrons. The third kappa shape index (κ3) is 3.30. The van der Waals surface area contributed by atoms with Crippen LogP contribution in [-0.2, 0) is 11.4 Å². The summed E-state index contributed by atoms with van der Waals surface area (Å²) in [6.07, 6.45) is 2.35. The molecule has 2 aliphatic heterocycles. The van der Waals surface area contributed by atoms with Crippen molar-refractivity contribution in [1.82, 2.24) is 0 Å². The number of nitrogens with one attached hydrogen (secondary N) is 1. The van der Waals surface area contributed by atoms with Crippen molar-refractivity contribution in [3.05, 3.63) is 94.7 Å². The Morgan fingerprint density at radius 3 is 2.53 bits per heavy atom. The summed E-state index contributed by atoms with van der Waals surface area (Å²) in [4.78, 5) is 13.0. The second-order valence-electron chi connectivity index (χ2n) is 8.36. The largest absolute Gasteiger partial charge is 0.489 e. The average Bonchev–Trinajstić information content (AvgIpc) is 3.29. The first-order valence-electron chi connectivity index (χ1n) is 11.0. The normalized spacial score (nSPS) is 18.6. The third-order valence-electron chi connectivity index (χ3n) is 6.35. The molecule has 3 aliphatic rings. The summed E-state index contributed by atoms with van der Waals surface area (Å²) in [7, 11) is 0. The lowest BCUT2D eigenvalue weighted by molar-refractivity contribution is -0.116. The molecular weight excluding hydrogens is 402 g/mol. The van der Waals surface area contributed by atoms with Gasteiger partial charge in [-0.25, -0.2) is 0 Å². The van der Waals surface area contributed by atoms with Crippen molar-refractivity contribution in [2.24, 2.45) is 0 Å². The highest BCUT2D eigenvalue weighted by Gasteiger charge is 2.36. The number of carbonyl (C=O) groups excluding carboxylic acids is 1. The molecule has 1 N–H and O–H groups in total. The minimum absolute atomic E-state index is 0.133. The molecular formula is C27H23NO4. The van der Waals surface area contributed by atoms with Crippen molar-refractivity contribution in [2.45, 2.75) is 31.8 Å². The fourth-order valence-corrected chi connectivity index (χ4v) is 4.79. The van der Waals surface area contributed by atoms with Crippen LogP contribution in [0, 0.1) is 0 Å². The van der Waals surface area contributed by atoms with E-state index in [2.05, 4.69) is 17.4 Å². The van der Waals surface area contributed by atoms with Gasteiger partial charge in [-0.05, 0) is 47.7 Å². The number of fused-ring (bicyclic) bond motifs is 2. The van der Waals surface area contributed by atoms with Crippen molar-refractivity contribution in [2.75, 3.05) is 12.1 Å². The molecule has 5 nitrogen and oxygen atoms in total. The number of allylic oxidation sites excluding steroid dienone is 2. The fraction of sp³-hybridized carbons (Fsp3) is 0.222. The summed E-state index contributed by atoms with van der Waals surface area (Å²) in [6, 6.07) is 22.2. The number of Topliss-reactive ketones (excluding diaryl/α,β-unsaturated/α-hetero) is 1. The molecule has 0 radical (unpaired) electrons. The van der Waals surface area contributed by atoms with E-state index in [1.165, 1.54) is 0 Å². The van der Waals surface area contributed by atoms with Crippen LogP contribution in [0.25, 0.3) is 0 Å². The van der Waals surface area contributed by atoms with Gasteiger partial charge in [-0.1, -0.05) is 42.5 Å². The van der Waals surface area contributed by atoms with Crippen LogP contribution in [0.5, 0.6) is 17.2 Å². The summed E-state index contributed by atoms with van der Waals surface area (Å²) >= 11 is 0. The summed E-state index contributed by atoms with van der Waals surface area (Å²) < 4.78 is 17.2. The highest BCUT2D eigenvalue weighted by Crippen LogP contribution is 2.49. The molecule has 6 rings (SSSR count). The Morgan fingerprint density at radius 1 is 0.938 bits per heavy atom. The smallest absolute Gasteiger partial charge is 0.231 e. The summed E-state index contributed by atoms with van der Waals surface area (Å²) in [5.74, 6) is 2.36. The van der Waals surface area contributed by atoms with Crippen LogP contribution < -0.4 is 19.5 Å². The van der Waals surface area contributed by atoms with Crippen LogP contribution >= 0.6 is 0 Å². The number of benzene rings is 3. The van der Waals surface area contributed by atoms with E-state index >= 15 is 0 Å². The quantitative estimate of drug-likeness (QED) is 0.593. The lowest BCUT2D eigenvalue weighted by atomic mass is 9.75. The van der Waals surface area contributed by atoms with Gasteiger partial charge in [-0.3, -0.25) is 4.79 Å². The van der Waals surface area contributed by atoms with E-state index < -0.39 is 0 Å². The highest BCUT2D eigenvalue weighted by molar-refractivity contribution is 6.01. The van der Waals surface area contributed by atoms with Gasteiger partial charge in [0.25, 0.3) is 0 Å². The summed E-state index contributed by atoms with van der Waals surface area (Å²) in [5.41, 5.74) is 6.13. The molecule has 0 bridgehead atoms. The molecule has 2 heterocycles. The molecule has 3 aromatic rings. The molecule has 0 aromatic heterocycles. The zero-order chi connectivity index (χ0) is 21.5. The van der Waals surface area contributed by atoms with Gasteiger partial charge in [0.05, 0.1) is 0 Å². The van der Waals surface area contributed by atoms with E-state index in [1.807, 2.05) is 54.6 Å². The van der Waals surface area contributed by atoms with Gasteiger partial charge in [0.1, 0.15) is 12.4 Å². The summed E-state index contributed by atoms with van der Waals surface area (Å²) in [6.45, 7) is 0.746. The Hall–Kier alpha value is -3.73. The second kappa shape index (κ2) is 7.75. The lowest BCUT2D eigenvalue weighted by Crippen LogP contribution is -2.26. The molecule has 5 heteroatoms. The minimum atomic E-state index is -0.133. The third-order valence-corrected chi connectivity index (χ3v) is 6.35. The predicted octanol–water partition coefficient (Wildman–Crippen LogP) is 5.56. The van der Waals surface area contributed by atoms with Crippen LogP contribution in [0.3, 0.4) is 0 Å². The second-order valence-corrected chi connectivity index (χ2v) is 8.36. The van der Waals surface area contributed by atoms with Gasteiger partial charge in [0.2, 0.25) is 6.79 Å². The number of carbonyl (C=O) groups is 1. The van der Waals surface area contributed by atoms with Crippen LogP contribution in [0.1, 0.15) is 41.9 Å². The first-order chi connectivity index (χ1) is 15.8. The van der Waals surface area contributed by atoms with Crippen LogP contribution in [0.15, 0.2) is 78.0 Å². The topological polar surface area (TPSA) is 56.8 Å². The SMILES string of the molecule is O=C1CCCC2=C1[C@@H](c1ccc(OCc3ccccc3)cc1)c1cc3c(cc1N2)OCO3. The maximum absolute atomic E-state index is 13.0. The van der Waals surface area contributed by atoms with Crippen LogP contribution in [0.4, 0.5) is 5.69 Å². The molecule has 0 spiro atoms. The first kappa shape index (κ1) is 19.0. The van der Waals surface area contributed by atoms with Gasteiger partial charge in [-0.15, -0.1) is 0 Å². The standard InChI is InChI=1S/C27H23NO4/c29-23-8-4-7-21-27(23)26(20-13-24-25(32-16-31-24)14-22(20)28-21)18-9-11-19(12-10-18)30-15-17-5-2-1-3-6-17/h1-3,5-6,9-14,26,28H,4,7-8,15-16H2/t26-/m0/s1. The van der Waals surface area contributed by atoms with Crippen LogP contribution in [-0.4, -0.2) is 12.6 Å². The molecule has 32 heavy (non-hydrogen) atoms. The van der Waals surface area contributed by atoms with Gasteiger partial charge in [0.15, 0.2) is 17.3 Å². The Labute approximate surface area is 186 Å². The van der Waals surface area contributed by atoms with Crippen molar-refractivity contribution < 1.29 is 19.0 Å². The maximum Gasteiger partial charge on any atom is 0.231 e. The molecule has 0 saturated heterocycles. The molecule has 3 aromatic carbocycles. The Morgan fingerprint density at radius 2 is 1.72 bits per heavy atom. The average molecular weight is 425 g/mol. The minimum Gasteiger partial charge on any atom is -0.489 e. The number of rotatable bonds is 4. The zero-order valence-corrected chi connectivity index (χ0v) is 17.6. The highest BCUT2D eigenvalue weighted by atomic mass is 16.7. The van der Waals surface area contributed by atoms with Crippen molar-refractivity contribution in [3.8, 4) is 17.2 Å². The first-order valence-corrected chi connectivity index (χ1v) is 11.0. The van der Waals surface area contributed by atoms with E-state index in [0.29, 0.717) is 13.0 Å². The lowest BCUT2D eigenvalue weighted by Gasteiger charge is -2.34. The van der Waals surface area contributed by atoms with Gasteiger partial charge < -0.3 is 19.5 Å². The number of ether oxygens (including phenoxy) is 3. The molecule has 1 atom stereocenters. The van der Waals surface area contributed by atoms with E-state index in [4.69, 9.17) is 14.2 Å². The molecule has 0 unspecified atom stereocenters. The van der Waals surface area contributed by atoms with Gasteiger partial charge in [-0.2, -0.15) is 0 Å². The van der Waals surface area contributed by atoms with Crippen molar-refractivity contribution >= 4 is 11.5 Å². The van der Waals surface area contributed by atoms with E-state index in [9.17, 15) is 4.79 Å². The summed E-state index contributed by atoms with van der Waals surface area (Å²) in [5, 5.41) is 3.51. The number of hydrogen-bond acceptors (Lipinski definition) is 5. The molecule has 0 fully saturated rings. The van der Waals surface area contributed by atoms with Gasteiger partial charge >= 0.3 is 0 Å². The van der Waals surface area contributed by atoms with Crippen LogP contribution in [0.2, 0.25) is 0 Å². The number of hydrogen-bond donors (Lipinski definition) is 1. The molecule has 0 amide bonds. The van der Waals surface area contributed by atoms with E-state index in [0.717, 1.165) is 63.7 Å². The molecule has 1 aliphatic carbocycles. The predicted molar refractivity (Wildman–Crippen MR) is 121 cm³/mol. The number of anilines is 1. The Kier molecular flexibility index (Phi) is 4.60. The fourth-order valence-electron chi connectivity index (χ4n) is 4.79. The van der Waals surface area contributed by atoms with Crippen molar-refractivity contribution in [3.63, 3.8) is 0 Å². The van der Waals surface area contributed by atoms with Gasteiger partial charge in [0, 0.05) is 35.4 Å². The Balaban J connectivity index is 1.35. The van der Waals surface area contributed by atoms with E-state index in [1.54, 1.807) is 0 Å². The zero-order valence-electron chi connectivity index (χ0n) is 17.6. The maximum atomic E-state index is 13.0. The molecule has 0 saturated carbocycles. The number of ketones is 1. The van der Waals surface area contributed by atoms with E-state index in [-0.39, 0.29) is 18.5 Å². The Bertz CT molecular complexity index is 1210.